The number of methoxy groups -OCH3 is 2. The largest absolute Gasteiger partial charge is 0.497 e. The van der Waals surface area contributed by atoms with Crippen LogP contribution in [-0.4, -0.2) is 37.6 Å². The molecule has 164 valence electrons. The van der Waals surface area contributed by atoms with Gasteiger partial charge >= 0.3 is 0 Å². The van der Waals surface area contributed by atoms with Gasteiger partial charge in [-0.1, -0.05) is 48.5 Å². The van der Waals surface area contributed by atoms with E-state index in [-0.39, 0.29) is 5.56 Å². The number of anilines is 1. The summed E-state index contributed by atoms with van der Waals surface area (Å²) in [4.78, 5) is 28.2. The molecule has 3 aromatic carbocycles. The maximum atomic E-state index is 13.4. The SMILES string of the molecule is COc1ccc(OC)c(C(=O)C[C@]2(O)C(=O)N(CCc3ccccc3)c3ccccc32)c1. The number of benzene rings is 3. The van der Waals surface area contributed by atoms with Crippen molar-refractivity contribution < 1.29 is 24.2 Å². The van der Waals surface area contributed by atoms with E-state index in [1.807, 2.05) is 36.4 Å². The quantitative estimate of drug-likeness (QED) is 0.550. The van der Waals surface area contributed by atoms with Gasteiger partial charge in [0.2, 0.25) is 0 Å². The van der Waals surface area contributed by atoms with E-state index >= 15 is 0 Å². The Morgan fingerprint density at radius 3 is 2.41 bits per heavy atom. The average Bonchev–Trinajstić information content (AvgIpc) is 3.04. The number of ketones is 1. The summed E-state index contributed by atoms with van der Waals surface area (Å²) in [5.74, 6) is -0.0519. The monoisotopic (exact) mass is 431 g/mol. The lowest BCUT2D eigenvalue weighted by Gasteiger charge is -2.23. The van der Waals surface area contributed by atoms with Crippen molar-refractivity contribution in [2.24, 2.45) is 0 Å². The van der Waals surface area contributed by atoms with E-state index in [9.17, 15) is 14.7 Å². The Balaban J connectivity index is 1.64. The summed E-state index contributed by atoms with van der Waals surface area (Å²) in [7, 11) is 2.97. The number of Topliss-reactive ketones (excluding diaryl/α,β-unsaturated/α-hetero) is 1. The zero-order chi connectivity index (χ0) is 22.7. The maximum Gasteiger partial charge on any atom is 0.264 e. The van der Waals surface area contributed by atoms with Crippen molar-refractivity contribution in [2.75, 3.05) is 25.7 Å². The van der Waals surface area contributed by atoms with Crippen molar-refractivity contribution in [3.05, 3.63) is 89.5 Å². The second-order valence-electron chi connectivity index (χ2n) is 7.74. The maximum absolute atomic E-state index is 13.4. The van der Waals surface area contributed by atoms with Gasteiger partial charge < -0.3 is 19.5 Å². The Kier molecular flexibility index (Phi) is 5.97. The highest BCUT2D eigenvalue weighted by atomic mass is 16.5. The minimum absolute atomic E-state index is 0.258. The lowest BCUT2D eigenvalue weighted by molar-refractivity contribution is -0.135. The highest BCUT2D eigenvalue weighted by molar-refractivity contribution is 6.11. The molecule has 1 N–H and O–H groups in total. The first kappa shape index (κ1) is 21.6. The van der Waals surface area contributed by atoms with Gasteiger partial charge in [0.05, 0.1) is 31.9 Å². The standard InChI is InChI=1S/C26H25NO5/c1-31-19-12-13-24(32-2)20(16-19)23(28)17-26(30)21-10-6-7-11-22(21)27(25(26)29)15-14-18-8-4-3-5-9-18/h3-13,16,30H,14-15,17H2,1-2H3/t26-/m1/s1. The van der Waals surface area contributed by atoms with Crippen molar-refractivity contribution in [2.45, 2.75) is 18.4 Å². The number of ether oxygens (including phenoxy) is 2. The predicted molar refractivity (Wildman–Crippen MR) is 121 cm³/mol. The predicted octanol–water partition coefficient (Wildman–Crippen LogP) is 3.75. The van der Waals surface area contributed by atoms with E-state index in [1.165, 1.54) is 14.2 Å². The van der Waals surface area contributed by atoms with Gasteiger partial charge in [-0.25, -0.2) is 0 Å². The minimum atomic E-state index is -1.95. The fraction of sp³-hybridized carbons (Fsp3) is 0.231. The molecule has 0 aromatic heterocycles. The van der Waals surface area contributed by atoms with Gasteiger partial charge in [-0.2, -0.15) is 0 Å². The van der Waals surface area contributed by atoms with E-state index in [1.54, 1.807) is 41.3 Å². The summed E-state index contributed by atoms with van der Waals surface area (Å²) in [6.07, 6.45) is 0.239. The molecule has 4 rings (SSSR count). The molecule has 6 nitrogen and oxygen atoms in total. The summed E-state index contributed by atoms with van der Waals surface area (Å²) in [5, 5.41) is 11.5. The molecule has 0 saturated carbocycles. The molecule has 0 spiro atoms. The van der Waals surface area contributed by atoms with Crippen molar-refractivity contribution in [1.29, 1.82) is 0 Å². The van der Waals surface area contributed by atoms with Crippen molar-refractivity contribution in [3.8, 4) is 11.5 Å². The van der Waals surface area contributed by atoms with Crippen LogP contribution in [0.15, 0.2) is 72.8 Å². The Labute approximate surface area is 187 Å². The van der Waals surface area contributed by atoms with E-state index < -0.39 is 23.7 Å². The van der Waals surface area contributed by atoms with Crippen LogP contribution in [0.1, 0.15) is 27.9 Å². The molecule has 0 unspecified atom stereocenters. The van der Waals surface area contributed by atoms with Gasteiger partial charge in [0.25, 0.3) is 5.91 Å². The molecule has 6 heteroatoms. The van der Waals surface area contributed by atoms with Gasteiger partial charge in [-0.05, 0) is 36.2 Å². The van der Waals surface area contributed by atoms with E-state index in [2.05, 4.69) is 0 Å². The summed E-state index contributed by atoms with van der Waals surface area (Å²) in [6, 6.07) is 21.8. The number of carbonyl (C=O) groups is 2. The minimum Gasteiger partial charge on any atom is -0.497 e. The molecule has 1 heterocycles. The Morgan fingerprint density at radius 1 is 0.969 bits per heavy atom. The van der Waals surface area contributed by atoms with Crippen LogP contribution >= 0.6 is 0 Å². The second-order valence-corrected chi connectivity index (χ2v) is 7.74. The zero-order valence-corrected chi connectivity index (χ0v) is 18.1. The fourth-order valence-electron chi connectivity index (χ4n) is 4.14. The number of aliphatic hydroxyl groups is 1. The summed E-state index contributed by atoms with van der Waals surface area (Å²) in [5.41, 5.74) is 0.465. The number of hydrogen-bond donors (Lipinski definition) is 1. The smallest absolute Gasteiger partial charge is 0.264 e. The third kappa shape index (κ3) is 3.85. The number of nitrogens with zero attached hydrogens (tertiary/aromatic N) is 1. The Morgan fingerprint density at radius 2 is 1.69 bits per heavy atom. The Bertz CT molecular complexity index is 1140. The summed E-state index contributed by atoms with van der Waals surface area (Å²) in [6.45, 7) is 0.402. The molecular formula is C26H25NO5. The third-order valence-corrected chi connectivity index (χ3v) is 5.83. The van der Waals surface area contributed by atoms with E-state index in [4.69, 9.17) is 9.47 Å². The van der Waals surface area contributed by atoms with Crippen LogP contribution in [-0.2, 0) is 16.8 Å². The molecular weight excluding hydrogens is 406 g/mol. The molecule has 1 aliphatic heterocycles. The summed E-state index contributed by atoms with van der Waals surface area (Å²) < 4.78 is 10.5. The molecule has 0 radical (unpaired) electrons. The van der Waals surface area contributed by atoms with Crippen LogP contribution in [0.2, 0.25) is 0 Å². The van der Waals surface area contributed by atoms with Crippen LogP contribution in [0.3, 0.4) is 0 Å². The van der Waals surface area contributed by atoms with E-state index in [0.29, 0.717) is 35.7 Å². The molecule has 1 aliphatic rings. The first-order valence-corrected chi connectivity index (χ1v) is 10.4. The van der Waals surface area contributed by atoms with Crippen LogP contribution < -0.4 is 14.4 Å². The van der Waals surface area contributed by atoms with E-state index in [0.717, 1.165) is 5.56 Å². The topological polar surface area (TPSA) is 76.1 Å². The molecule has 0 bridgehead atoms. The molecule has 3 aromatic rings. The average molecular weight is 431 g/mol. The normalized spacial score (nSPS) is 17.2. The highest BCUT2D eigenvalue weighted by Crippen LogP contribution is 2.43. The number of hydrogen-bond acceptors (Lipinski definition) is 5. The lowest BCUT2D eigenvalue weighted by atomic mass is 9.88. The number of para-hydroxylation sites is 1. The Hall–Kier alpha value is -3.64. The zero-order valence-electron chi connectivity index (χ0n) is 18.1. The molecule has 0 saturated heterocycles. The van der Waals surface area contributed by atoms with Crippen molar-refractivity contribution >= 4 is 17.4 Å². The first-order valence-electron chi connectivity index (χ1n) is 10.4. The van der Waals surface area contributed by atoms with Gasteiger partial charge in [-0.15, -0.1) is 0 Å². The van der Waals surface area contributed by atoms with Crippen molar-refractivity contribution in [3.63, 3.8) is 0 Å². The third-order valence-electron chi connectivity index (χ3n) is 5.83. The van der Waals surface area contributed by atoms with Crippen LogP contribution in [0.25, 0.3) is 0 Å². The van der Waals surface area contributed by atoms with Gasteiger partial charge in [0, 0.05) is 12.1 Å². The molecule has 0 aliphatic carbocycles. The van der Waals surface area contributed by atoms with Gasteiger partial charge in [0.1, 0.15) is 11.5 Å². The molecule has 32 heavy (non-hydrogen) atoms. The fourth-order valence-corrected chi connectivity index (χ4v) is 4.14. The molecule has 1 atom stereocenters. The van der Waals surface area contributed by atoms with Gasteiger partial charge in [0.15, 0.2) is 11.4 Å². The van der Waals surface area contributed by atoms with Crippen LogP contribution in [0, 0.1) is 0 Å². The first-order chi connectivity index (χ1) is 15.5. The van der Waals surface area contributed by atoms with Crippen molar-refractivity contribution in [1.82, 2.24) is 0 Å². The second kappa shape index (κ2) is 8.85. The lowest BCUT2D eigenvalue weighted by Crippen LogP contribution is -2.42. The van der Waals surface area contributed by atoms with Crippen LogP contribution in [0.5, 0.6) is 11.5 Å². The van der Waals surface area contributed by atoms with Gasteiger partial charge in [-0.3, -0.25) is 9.59 Å². The number of fused-ring (bicyclic) bond motifs is 1. The summed E-state index contributed by atoms with van der Waals surface area (Å²) >= 11 is 0. The number of carbonyl (C=O) groups excluding carboxylic acids is 2. The van der Waals surface area contributed by atoms with Crippen LogP contribution in [0.4, 0.5) is 5.69 Å². The molecule has 1 amide bonds. The number of rotatable bonds is 8. The number of amides is 1. The molecule has 0 fully saturated rings. The highest BCUT2D eigenvalue weighted by Gasteiger charge is 2.50.